The first-order valence-electron chi connectivity index (χ1n) is 7.22. The number of hydrogen-bond acceptors (Lipinski definition) is 5. The third-order valence-electron chi connectivity index (χ3n) is 3.16. The molecule has 0 fully saturated rings. The molecule has 0 atom stereocenters. The highest BCUT2D eigenvalue weighted by Crippen LogP contribution is 2.32. The molecule has 1 heterocycles. The lowest BCUT2D eigenvalue weighted by atomic mass is 10.1. The predicted molar refractivity (Wildman–Crippen MR) is 79.3 cm³/mol. The molecule has 0 aromatic heterocycles. The van der Waals surface area contributed by atoms with Gasteiger partial charge in [-0.05, 0) is 37.5 Å². The fourth-order valence-electron chi connectivity index (χ4n) is 2.07. The lowest BCUT2D eigenvalue weighted by molar-refractivity contribution is -0.137. The van der Waals surface area contributed by atoms with E-state index in [2.05, 4.69) is 5.32 Å². The van der Waals surface area contributed by atoms with Crippen molar-refractivity contribution in [2.75, 3.05) is 19.9 Å². The normalized spacial score (nSPS) is 13.1. The van der Waals surface area contributed by atoms with Gasteiger partial charge in [-0.15, -0.1) is 0 Å². The molecule has 1 aliphatic heterocycles. The third kappa shape index (κ3) is 4.41. The third-order valence-corrected chi connectivity index (χ3v) is 3.16. The summed E-state index contributed by atoms with van der Waals surface area (Å²) in [6.07, 6.45) is 3.12. The molecular weight excluding hydrogens is 270 g/mol. The summed E-state index contributed by atoms with van der Waals surface area (Å²) >= 11 is 0. The largest absolute Gasteiger partial charge is 0.463 e. The number of carbonyl (C=O) groups is 1. The molecule has 0 amide bonds. The van der Waals surface area contributed by atoms with Crippen LogP contribution in [0, 0.1) is 0 Å². The Morgan fingerprint density at radius 1 is 1.33 bits per heavy atom. The molecule has 1 aliphatic rings. The van der Waals surface area contributed by atoms with Crippen LogP contribution in [0.1, 0.15) is 25.8 Å². The molecule has 1 aromatic carbocycles. The maximum Gasteiger partial charge on any atom is 0.332 e. The van der Waals surface area contributed by atoms with E-state index in [1.165, 1.54) is 11.6 Å². The minimum Gasteiger partial charge on any atom is -0.463 e. The maximum absolute atomic E-state index is 11.4. The van der Waals surface area contributed by atoms with Gasteiger partial charge >= 0.3 is 5.97 Å². The standard InChI is InChI=1S/C16H21NO4/c1-3-13(10-16(18)19-4-2)17-8-7-12-5-6-14-15(9-12)21-11-20-14/h5-6,9-10,17H,3-4,7-8,11H2,1-2H3/b13-10-. The highest BCUT2D eigenvalue weighted by Gasteiger charge is 2.12. The topological polar surface area (TPSA) is 56.8 Å². The zero-order valence-corrected chi connectivity index (χ0v) is 12.5. The highest BCUT2D eigenvalue weighted by atomic mass is 16.7. The summed E-state index contributed by atoms with van der Waals surface area (Å²) in [4.78, 5) is 11.4. The average Bonchev–Trinajstić information content (AvgIpc) is 2.94. The molecule has 21 heavy (non-hydrogen) atoms. The van der Waals surface area contributed by atoms with E-state index in [9.17, 15) is 4.79 Å². The van der Waals surface area contributed by atoms with Gasteiger partial charge in [-0.2, -0.15) is 0 Å². The number of nitrogens with one attached hydrogen (secondary N) is 1. The van der Waals surface area contributed by atoms with E-state index in [-0.39, 0.29) is 5.97 Å². The van der Waals surface area contributed by atoms with Crippen molar-refractivity contribution in [3.63, 3.8) is 0 Å². The Labute approximate surface area is 124 Å². The van der Waals surface area contributed by atoms with E-state index in [0.717, 1.165) is 36.6 Å². The zero-order chi connectivity index (χ0) is 15.1. The van der Waals surface area contributed by atoms with Gasteiger partial charge in [-0.1, -0.05) is 13.0 Å². The Balaban J connectivity index is 1.84. The molecule has 0 radical (unpaired) electrons. The van der Waals surface area contributed by atoms with E-state index < -0.39 is 0 Å². The number of carbonyl (C=O) groups excluding carboxylic acids is 1. The van der Waals surface area contributed by atoms with Crippen LogP contribution in [-0.4, -0.2) is 25.9 Å². The SMILES string of the molecule is CCOC(=O)/C=C(/CC)NCCc1ccc2c(c1)OCO2. The van der Waals surface area contributed by atoms with Crippen molar-refractivity contribution in [3.05, 3.63) is 35.5 Å². The highest BCUT2D eigenvalue weighted by molar-refractivity contribution is 5.82. The fraction of sp³-hybridized carbons (Fsp3) is 0.438. The van der Waals surface area contributed by atoms with Crippen molar-refractivity contribution in [1.29, 1.82) is 0 Å². The van der Waals surface area contributed by atoms with Gasteiger partial charge in [-0.25, -0.2) is 4.79 Å². The van der Waals surface area contributed by atoms with Crippen LogP contribution >= 0.6 is 0 Å². The molecule has 2 rings (SSSR count). The van der Waals surface area contributed by atoms with Crippen LogP contribution < -0.4 is 14.8 Å². The Bertz CT molecular complexity index is 525. The van der Waals surface area contributed by atoms with Crippen LogP contribution in [0.5, 0.6) is 11.5 Å². The summed E-state index contributed by atoms with van der Waals surface area (Å²) in [7, 11) is 0. The first-order chi connectivity index (χ1) is 10.2. The molecule has 1 aromatic rings. The second kappa shape index (κ2) is 7.57. The van der Waals surface area contributed by atoms with Crippen LogP contribution in [0.2, 0.25) is 0 Å². The number of hydrogen-bond donors (Lipinski definition) is 1. The Morgan fingerprint density at radius 3 is 2.90 bits per heavy atom. The second-order valence-electron chi connectivity index (χ2n) is 4.64. The lowest BCUT2D eigenvalue weighted by Crippen LogP contribution is -2.18. The number of esters is 1. The number of ether oxygens (including phenoxy) is 3. The van der Waals surface area contributed by atoms with Crippen molar-refractivity contribution in [2.45, 2.75) is 26.7 Å². The summed E-state index contributed by atoms with van der Waals surface area (Å²) in [5.74, 6) is 1.29. The Morgan fingerprint density at radius 2 is 2.14 bits per heavy atom. The number of fused-ring (bicyclic) bond motifs is 1. The van der Waals surface area contributed by atoms with Crippen LogP contribution in [0.4, 0.5) is 0 Å². The molecule has 0 saturated carbocycles. The number of benzene rings is 1. The van der Waals surface area contributed by atoms with Gasteiger partial charge < -0.3 is 19.5 Å². The smallest absolute Gasteiger partial charge is 0.332 e. The van der Waals surface area contributed by atoms with E-state index in [0.29, 0.717) is 13.4 Å². The summed E-state index contributed by atoms with van der Waals surface area (Å²) in [6, 6.07) is 5.94. The van der Waals surface area contributed by atoms with E-state index >= 15 is 0 Å². The van der Waals surface area contributed by atoms with Gasteiger partial charge in [-0.3, -0.25) is 0 Å². The summed E-state index contributed by atoms with van der Waals surface area (Å²) in [6.45, 7) is 5.23. The second-order valence-corrected chi connectivity index (χ2v) is 4.64. The van der Waals surface area contributed by atoms with Crippen LogP contribution in [0.15, 0.2) is 30.0 Å². The van der Waals surface area contributed by atoms with E-state index in [1.54, 1.807) is 6.92 Å². The molecule has 0 spiro atoms. The van der Waals surface area contributed by atoms with Gasteiger partial charge in [0.1, 0.15) is 0 Å². The number of rotatable bonds is 7. The molecule has 5 heteroatoms. The van der Waals surface area contributed by atoms with Gasteiger partial charge in [0.25, 0.3) is 0 Å². The summed E-state index contributed by atoms with van der Waals surface area (Å²) < 4.78 is 15.5. The fourth-order valence-corrected chi connectivity index (χ4v) is 2.07. The monoisotopic (exact) mass is 291 g/mol. The van der Waals surface area contributed by atoms with E-state index in [1.807, 2.05) is 25.1 Å². The predicted octanol–water partition coefficient (Wildman–Crippen LogP) is 2.40. The van der Waals surface area contributed by atoms with E-state index in [4.69, 9.17) is 14.2 Å². The lowest BCUT2D eigenvalue weighted by Gasteiger charge is -2.09. The van der Waals surface area contributed by atoms with Crippen molar-refractivity contribution < 1.29 is 19.0 Å². The molecule has 5 nitrogen and oxygen atoms in total. The first-order valence-corrected chi connectivity index (χ1v) is 7.22. The summed E-state index contributed by atoms with van der Waals surface area (Å²) in [5, 5.41) is 3.26. The minimum absolute atomic E-state index is 0.291. The Kier molecular flexibility index (Phi) is 5.49. The molecule has 114 valence electrons. The van der Waals surface area contributed by atoms with Crippen molar-refractivity contribution in [1.82, 2.24) is 5.32 Å². The molecule has 0 bridgehead atoms. The number of allylic oxidation sites excluding steroid dienone is 1. The van der Waals surface area contributed by atoms with Crippen LogP contribution in [0.3, 0.4) is 0 Å². The molecule has 1 N–H and O–H groups in total. The quantitative estimate of drug-likeness (QED) is 0.617. The maximum atomic E-state index is 11.4. The zero-order valence-electron chi connectivity index (χ0n) is 12.5. The van der Waals surface area contributed by atoms with Crippen molar-refractivity contribution in [3.8, 4) is 11.5 Å². The van der Waals surface area contributed by atoms with Gasteiger partial charge in [0, 0.05) is 18.3 Å². The van der Waals surface area contributed by atoms with Crippen molar-refractivity contribution in [2.24, 2.45) is 0 Å². The van der Waals surface area contributed by atoms with Gasteiger partial charge in [0.2, 0.25) is 6.79 Å². The van der Waals surface area contributed by atoms with Gasteiger partial charge in [0.15, 0.2) is 11.5 Å². The van der Waals surface area contributed by atoms with Crippen LogP contribution in [-0.2, 0) is 16.0 Å². The molecular formula is C16H21NO4. The molecule has 0 unspecified atom stereocenters. The van der Waals surface area contributed by atoms with Gasteiger partial charge in [0.05, 0.1) is 6.61 Å². The molecule has 0 saturated heterocycles. The first kappa shape index (κ1) is 15.2. The van der Waals surface area contributed by atoms with Crippen molar-refractivity contribution >= 4 is 5.97 Å². The van der Waals surface area contributed by atoms with Crippen LogP contribution in [0.25, 0.3) is 0 Å². The average molecular weight is 291 g/mol. The minimum atomic E-state index is -0.301. The Hall–Kier alpha value is -2.17. The molecule has 0 aliphatic carbocycles. The summed E-state index contributed by atoms with van der Waals surface area (Å²) in [5.41, 5.74) is 2.05.